The molecule has 0 spiro atoms. The zero-order valence-corrected chi connectivity index (χ0v) is 14.3. The molecule has 1 fully saturated rings. The van der Waals surface area contributed by atoms with Gasteiger partial charge in [0.25, 0.3) is 0 Å². The highest BCUT2D eigenvalue weighted by Crippen LogP contribution is 2.43. The van der Waals surface area contributed by atoms with E-state index in [4.69, 9.17) is 10.5 Å². The van der Waals surface area contributed by atoms with Gasteiger partial charge in [0.05, 0.1) is 7.11 Å². The minimum absolute atomic E-state index is 0.164. The SMILES string of the molecule is COc1ccc(C(N)C2CCC(C(C)(C)C)CC2)c(C)c1. The lowest BCUT2D eigenvalue weighted by atomic mass is 9.68. The maximum absolute atomic E-state index is 6.58. The number of rotatable bonds is 3. The Bertz CT molecular complexity index is 467. The van der Waals surface area contributed by atoms with Crippen LogP contribution in [0.3, 0.4) is 0 Å². The van der Waals surface area contributed by atoms with Gasteiger partial charge < -0.3 is 10.5 Å². The third-order valence-electron chi connectivity index (χ3n) is 5.34. The maximum Gasteiger partial charge on any atom is 0.119 e. The van der Waals surface area contributed by atoms with Gasteiger partial charge >= 0.3 is 0 Å². The van der Waals surface area contributed by atoms with Gasteiger partial charge in [0.15, 0.2) is 0 Å². The molecule has 1 aromatic carbocycles. The molecule has 0 saturated heterocycles. The second-order valence-electron chi connectivity index (χ2n) is 7.73. The van der Waals surface area contributed by atoms with E-state index >= 15 is 0 Å². The Morgan fingerprint density at radius 2 is 1.76 bits per heavy atom. The summed E-state index contributed by atoms with van der Waals surface area (Å²) in [7, 11) is 1.71. The van der Waals surface area contributed by atoms with Gasteiger partial charge in [-0.15, -0.1) is 0 Å². The van der Waals surface area contributed by atoms with Crippen LogP contribution in [0.25, 0.3) is 0 Å². The summed E-state index contributed by atoms with van der Waals surface area (Å²) in [5, 5.41) is 0. The van der Waals surface area contributed by atoms with Crippen LogP contribution in [0.15, 0.2) is 18.2 Å². The molecule has 2 N–H and O–H groups in total. The second-order valence-corrected chi connectivity index (χ2v) is 7.73. The summed E-state index contributed by atoms with van der Waals surface area (Å²) in [6, 6.07) is 6.44. The second kappa shape index (κ2) is 6.39. The van der Waals surface area contributed by atoms with E-state index in [0.717, 1.165) is 11.7 Å². The van der Waals surface area contributed by atoms with Gasteiger partial charge in [-0.1, -0.05) is 26.8 Å². The molecular weight excluding hydrogens is 258 g/mol. The molecular formula is C19H31NO. The van der Waals surface area contributed by atoms with Crippen LogP contribution in [0.5, 0.6) is 5.75 Å². The molecule has 0 aromatic heterocycles. The third kappa shape index (κ3) is 3.79. The van der Waals surface area contributed by atoms with Crippen molar-refractivity contribution in [3.05, 3.63) is 29.3 Å². The normalized spacial score (nSPS) is 24.7. The van der Waals surface area contributed by atoms with Crippen LogP contribution in [-0.4, -0.2) is 7.11 Å². The molecule has 0 aliphatic heterocycles. The molecule has 1 aliphatic carbocycles. The topological polar surface area (TPSA) is 35.2 Å². The number of benzene rings is 1. The largest absolute Gasteiger partial charge is 0.497 e. The van der Waals surface area contributed by atoms with Crippen LogP contribution >= 0.6 is 0 Å². The first-order chi connectivity index (χ1) is 9.82. The van der Waals surface area contributed by atoms with E-state index in [2.05, 4.69) is 39.8 Å². The van der Waals surface area contributed by atoms with Crippen molar-refractivity contribution in [1.29, 1.82) is 0 Å². The predicted molar refractivity (Wildman–Crippen MR) is 89.6 cm³/mol. The highest BCUT2D eigenvalue weighted by molar-refractivity contribution is 5.36. The van der Waals surface area contributed by atoms with Crippen molar-refractivity contribution in [2.24, 2.45) is 23.0 Å². The number of methoxy groups -OCH3 is 1. The summed E-state index contributed by atoms with van der Waals surface area (Å²) < 4.78 is 5.29. The smallest absolute Gasteiger partial charge is 0.119 e. The van der Waals surface area contributed by atoms with Gasteiger partial charge in [-0.2, -0.15) is 0 Å². The number of aryl methyl sites for hydroxylation is 1. The van der Waals surface area contributed by atoms with Crippen LogP contribution in [0, 0.1) is 24.2 Å². The van der Waals surface area contributed by atoms with E-state index in [0.29, 0.717) is 11.3 Å². The highest BCUT2D eigenvalue weighted by Gasteiger charge is 2.32. The lowest BCUT2D eigenvalue weighted by molar-refractivity contribution is 0.139. The molecule has 0 bridgehead atoms. The Morgan fingerprint density at radius 1 is 1.14 bits per heavy atom. The van der Waals surface area contributed by atoms with Crippen molar-refractivity contribution >= 4 is 0 Å². The van der Waals surface area contributed by atoms with Gasteiger partial charge in [-0.25, -0.2) is 0 Å². The molecule has 1 aromatic rings. The van der Waals surface area contributed by atoms with Crippen molar-refractivity contribution in [3.63, 3.8) is 0 Å². The Hall–Kier alpha value is -1.02. The Balaban J connectivity index is 2.03. The summed E-state index contributed by atoms with van der Waals surface area (Å²) in [6.07, 6.45) is 5.15. The molecule has 1 unspecified atom stereocenters. The summed E-state index contributed by atoms with van der Waals surface area (Å²) in [5.41, 5.74) is 9.55. The maximum atomic E-state index is 6.58. The Labute approximate surface area is 130 Å². The molecule has 2 rings (SSSR count). The number of nitrogens with two attached hydrogens (primary N) is 1. The first kappa shape index (κ1) is 16.4. The van der Waals surface area contributed by atoms with E-state index in [1.165, 1.54) is 36.8 Å². The van der Waals surface area contributed by atoms with Crippen LogP contribution in [0.4, 0.5) is 0 Å². The van der Waals surface area contributed by atoms with E-state index in [-0.39, 0.29) is 6.04 Å². The van der Waals surface area contributed by atoms with Crippen molar-refractivity contribution in [2.75, 3.05) is 7.11 Å². The van der Waals surface area contributed by atoms with Crippen molar-refractivity contribution in [1.82, 2.24) is 0 Å². The summed E-state index contributed by atoms with van der Waals surface area (Å²) in [6.45, 7) is 9.24. The first-order valence-electron chi connectivity index (χ1n) is 8.23. The molecule has 1 atom stereocenters. The van der Waals surface area contributed by atoms with Crippen LogP contribution < -0.4 is 10.5 Å². The van der Waals surface area contributed by atoms with Crippen LogP contribution in [-0.2, 0) is 0 Å². The predicted octanol–water partition coefficient (Wildman–Crippen LogP) is 4.86. The Kier molecular flexibility index (Phi) is 4.98. The third-order valence-corrected chi connectivity index (χ3v) is 5.34. The van der Waals surface area contributed by atoms with Gasteiger partial charge in [0.2, 0.25) is 0 Å². The molecule has 0 amide bonds. The monoisotopic (exact) mass is 289 g/mol. The molecule has 0 heterocycles. The fourth-order valence-corrected chi connectivity index (χ4v) is 3.75. The van der Waals surface area contributed by atoms with Crippen molar-refractivity contribution < 1.29 is 4.74 Å². The van der Waals surface area contributed by atoms with E-state index in [9.17, 15) is 0 Å². The molecule has 21 heavy (non-hydrogen) atoms. The highest BCUT2D eigenvalue weighted by atomic mass is 16.5. The summed E-state index contributed by atoms with van der Waals surface area (Å²) in [5.74, 6) is 2.38. The number of ether oxygens (including phenoxy) is 1. The zero-order valence-electron chi connectivity index (χ0n) is 14.3. The molecule has 0 radical (unpaired) electrons. The van der Waals surface area contributed by atoms with Gasteiger partial charge in [0.1, 0.15) is 5.75 Å². The van der Waals surface area contributed by atoms with Crippen LogP contribution in [0.1, 0.15) is 63.6 Å². The van der Waals surface area contributed by atoms with E-state index in [1.807, 2.05) is 6.07 Å². The zero-order chi connectivity index (χ0) is 15.6. The Morgan fingerprint density at radius 3 is 2.24 bits per heavy atom. The lowest BCUT2D eigenvalue weighted by Gasteiger charge is -2.39. The first-order valence-corrected chi connectivity index (χ1v) is 8.23. The fraction of sp³-hybridized carbons (Fsp3) is 0.684. The average Bonchev–Trinajstić information content (AvgIpc) is 2.45. The number of hydrogen-bond donors (Lipinski definition) is 1. The quantitative estimate of drug-likeness (QED) is 0.862. The average molecular weight is 289 g/mol. The van der Waals surface area contributed by atoms with Crippen molar-refractivity contribution in [3.8, 4) is 5.75 Å². The van der Waals surface area contributed by atoms with E-state index < -0.39 is 0 Å². The molecule has 1 saturated carbocycles. The van der Waals surface area contributed by atoms with Crippen molar-refractivity contribution in [2.45, 2.75) is 59.4 Å². The lowest BCUT2D eigenvalue weighted by Crippen LogP contribution is -2.31. The van der Waals surface area contributed by atoms with E-state index in [1.54, 1.807) is 7.11 Å². The number of hydrogen-bond acceptors (Lipinski definition) is 2. The molecule has 2 heteroatoms. The fourth-order valence-electron chi connectivity index (χ4n) is 3.75. The minimum Gasteiger partial charge on any atom is -0.497 e. The standard InChI is InChI=1S/C19H31NO/c1-13-12-16(21-5)10-11-17(13)18(20)14-6-8-15(9-7-14)19(2,3)4/h10-12,14-15,18H,6-9,20H2,1-5H3. The van der Waals surface area contributed by atoms with Gasteiger partial charge in [-0.3, -0.25) is 0 Å². The van der Waals surface area contributed by atoms with Crippen LogP contribution in [0.2, 0.25) is 0 Å². The summed E-state index contributed by atoms with van der Waals surface area (Å²) >= 11 is 0. The minimum atomic E-state index is 0.164. The molecule has 2 nitrogen and oxygen atoms in total. The molecule has 118 valence electrons. The van der Waals surface area contributed by atoms with Gasteiger partial charge in [0, 0.05) is 6.04 Å². The molecule has 1 aliphatic rings. The summed E-state index contributed by atoms with van der Waals surface area (Å²) in [4.78, 5) is 0. The van der Waals surface area contributed by atoms with Gasteiger partial charge in [-0.05, 0) is 73.1 Å².